The molecule has 2 aliphatic rings. The van der Waals surface area contributed by atoms with Crippen LogP contribution < -0.4 is 5.32 Å². The van der Waals surface area contributed by atoms with Crippen LogP contribution in [0.2, 0.25) is 0 Å². The Labute approximate surface area is 197 Å². The van der Waals surface area contributed by atoms with Gasteiger partial charge in [0.05, 0.1) is 13.2 Å². The third-order valence-corrected chi connectivity index (χ3v) is 5.75. The van der Waals surface area contributed by atoms with E-state index in [1.165, 1.54) is 13.8 Å². The molecule has 2 heterocycles. The number of carboxylic acid groups (broad SMARTS) is 1. The SMILES string of the molecule is CC(=O)N[C@H]1[C@H](OCc2ccccc2)O[C@@H]2CO[C@H](c3ccccc3)O[C@H]2[C@@H]1O[C@H](C)C(=O)O. The van der Waals surface area contributed by atoms with Crippen molar-refractivity contribution in [2.75, 3.05) is 6.61 Å². The summed E-state index contributed by atoms with van der Waals surface area (Å²) < 4.78 is 30.3. The second kappa shape index (κ2) is 11.1. The zero-order valence-corrected chi connectivity index (χ0v) is 19.0. The number of hydrogen-bond donors (Lipinski definition) is 2. The van der Waals surface area contributed by atoms with E-state index in [1.54, 1.807) is 0 Å². The molecule has 2 aliphatic heterocycles. The second-order valence-electron chi connectivity index (χ2n) is 8.32. The highest BCUT2D eigenvalue weighted by atomic mass is 16.8. The zero-order valence-electron chi connectivity index (χ0n) is 19.0. The lowest BCUT2D eigenvalue weighted by Gasteiger charge is -2.49. The first-order chi connectivity index (χ1) is 16.4. The van der Waals surface area contributed by atoms with Crippen molar-refractivity contribution in [1.29, 1.82) is 0 Å². The number of ether oxygens (including phenoxy) is 5. The highest BCUT2D eigenvalue weighted by Gasteiger charge is 2.52. The van der Waals surface area contributed by atoms with Crippen molar-refractivity contribution in [3.63, 3.8) is 0 Å². The number of aliphatic carboxylic acids is 1. The minimum absolute atomic E-state index is 0.184. The number of fused-ring (bicyclic) bond motifs is 1. The van der Waals surface area contributed by atoms with Crippen molar-refractivity contribution in [1.82, 2.24) is 5.32 Å². The molecule has 9 nitrogen and oxygen atoms in total. The average molecular weight is 472 g/mol. The van der Waals surface area contributed by atoms with Gasteiger partial charge >= 0.3 is 5.97 Å². The lowest BCUT2D eigenvalue weighted by atomic mass is 9.95. The molecule has 0 unspecified atom stereocenters. The van der Waals surface area contributed by atoms with E-state index in [-0.39, 0.29) is 19.1 Å². The predicted octanol–water partition coefficient (Wildman–Crippen LogP) is 2.41. The van der Waals surface area contributed by atoms with Gasteiger partial charge < -0.3 is 34.1 Å². The quantitative estimate of drug-likeness (QED) is 0.604. The van der Waals surface area contributed by atoms with Crippen molar-refractivity contribution < 1.29 is 38.4 Å². The van der Waals surface area contributed by atoms with Gasteiger partial charge in [-0.05, 0) is 12.5 Å². The Kier molecular flexibility index (Phi) is 7.91. The van der Waals surface area contributed by atoms with Crippen molar-refractivity contribution in [3.8, 4) is 0 Å². The third kappa shape index (κ3) is 5.81. The van der Waals surface area contributed by atoms with Gasteiger partial charge in [0.15, 0.2) is 18.7 Å². The molecular weight excluding hydrogens is 442 g/mol. The van der Waals surface area contributed by atoms with Crippen LogP contribution in [0.25, 0.3) is 0 Å². The smallest absolute Gasteiger partial charge is 0.332 e. The average Bonchev–Trinajstić information content (AvgIpc) is 2.84. The van der Waals surface area contributed by atoms with Gasteiger partial charge in [-0.2, -0.15) is 0 Å². The first-order valence-electron chi connectivity index (χ1n) is 11.2. The van der Waals surface area contributed by atoms with Crippen molar-refractivity contribution in [3.05, 3.63) is 71.8 Å². The molecule has 2 aromatic carbocycles. The van der Waals surface area contributed by atoms with Crippen LogP contribution in [-0.2, 0) is 39.9 Å². The molecule has 0 saturated carbocycles. The van der Waals surface area contributed by atoms with Gasteiger partial charge in [0.25, 0.3) is 0 Å². The summed E-state index contributed by atoms with van der Waals surface area (Å²) in [5, 5.41) is 12.3. The van der Waals surface area contributed by atoms with Crippen LogP contribution in [-0.4, -0.2) is 60.3 Å². The number of benzene rings is 2. The molecule has 2 saturated heterocycles. The third-order valence-electron chi connectivity index (χ3n) is 5.75. The van der Waals surface area contributed by atoms with Gasteiger partial charge in [-0.1, -0.05) is 60.7 Å². The number of carbonyl (C=O) groups excluding carboxylic acids is 1. The maximum absolute atomic E-state index is 12.1. The van der Waals surface area contributed by atoms with Gasteiger partial charge in [0.2, 0.25) is 5.91 Å². The van der Waals surface area contributed by atoms with Crippen molar-refractivity contribution >= 4 is 11.9 Å². The summed E-state index contributed by atoms with van der Waals surface area (Å²) in [6, 6.07) is 18.1. The fourth-order valence-corrected chi connectivity index (χ4v) is 4.09. The standard InChI is InChI=1S/C25H29NO8/c1-15(23(28)29)32-22-20(26-16(2)27)25(30-13-17-9-5-3-6-10-17)33-19-14-31-24(34-21(19)22)18-11-7-4-8-12-18/h3-12,15,19-22,24-25H,13-14H2,1-2H3,(H,26,27)(H,28,29)/t15-,19-,20-,21-,22-,24+,25-/m1/s1. The summed E-state index contributed by atoms with van der Waals surface area (Å²) in [6.45, 7) is 3.22. The fourth-order valence-electron chi connectivity index (χ4n) is 4.09. The monoisotopic (exact) mass is 471 g/mol. The molecule has 34 heavy (non-hydrogen) atoms. The molecule has 1 amide bonds. The number of carbonyl (C=O) groups is 2. The van der Waals surface area contributed by atoms with Crippen molar-refractivity contribution in [2.24, 2.45) is 0 Å². The Balaban J connectivity index is 1.59. The molecule has 0 radical (unpaired) electrons. The van der Waals surface area contributed by atoms with E-state index in [4.69, 9.17) is 23.7 Å². The van der Waals surface area contributed by atoms with E-state index in [9.17, 15) is 14.7 Å². The minimum atomic E-state index is -1.14. The summed E-state index contributed by atoms with van der Waals surface area (Å²) in [6.07, 6.45) is -4.87. The van der Waals surface area contributed by atoms with E-state index >= 15 is 0 Å². The van der Waals surface area contributed by atoms with Crippen LogP contribution in [0.3, 0.4) is 0 Å². The summed E-state index contributed by atoms with van der Waals surface area (Å²) in [7, 11) is 0. The maximum Gasteiger partial charge on any atom is 0.332 e. The van der Waals surface area contributed by atoms with Gasteiger partial charge in [-0.15, -0.1) is 0 Å². The summed E-state index contributed by atoms with van der Waals surface area (Å²) in [5.41, 5.74) is 1.73. The van der Waals surface area contributed by atoms with E-state index in [0.717, 1.165) is 11.1 Å². The fraction of sp³-hybridized carbons (Fsp3) is 0.440. The van der Waals surface area contributed by atoms with E-state index < -0.39 is 49.0 Å². The van der Waals surface area contributed by atoms with E-state index in [0.29, 0.717) is 0 Å². The molecule has 182 valence electrons. The first kappa shape index (κ1) is 24.3. The van der Waals surface area contributed by atoms with E-state index in [2.05, 4.69) is 5.32 Å². The summed E-state index contributed by atoms with van der Waals surface area (Å²) in [4.78, 5) is 23.7. The van der Waals surface area contributed by atoms with Crippen molar-refractivity contribution in [2.45, 2.75) is 63.5 Å². The molecule has 0 bridgehead atoms. The van der Waals surface area contributed by atoms with Crippen LogP contribution in [0.1, 0.15) is 31.3 Å². The Morgan fingerprint density at radius 3 is 2.41 bits per heavy atom. The van der Waals surface area contributed by atoms with Crippen LogP contribution in [0.15, 0.2) is 60.7 Å². The molecule has 9 heteroatoms. The Bertz CT molecular complexity index is 956. The number of carboxylic acids is 1. The summed E-state index contributed by atoms with van der Waals surface area (Å²) >= 11 is 0. The maximum atomic E-state index is 12.1. The molecule has 2 fully saturated rings. The Morgan fingerprint density at radius 1 is 1.09 bits per heavy atom. The van der Waals surface area contributed by atoms with Crippen LogP contribution in [0.5, 0.6) is 0 Å². The van der Waals surface area contributed by atoms with Gasteiger partial charge in [-0.25, -0.2) is 4.79 Å². The molecule has 2 N–H and O–H groups in total. The largest absolute Gasteiger partial charge is 0.479 e. The van der Waals surface area contributed by atoms with Crippen LogP contribution >= 0.6 is 0 Å². The number of nitrogens with one attached hydrogen (secondary N) is 1. The van der Waals surface area contributed by atoms with Crippen LogP contribution in [0, 0.1) is 0 Å². The second-order valence-corrected chi connectivity index (χ2v) is 8.32. The minimum Gasteiger partial charge on any atom is -0.479 e. The molecule has 4 rings (SSSR count). The molecular formula is C25H29NO8. The molecule has 0 aromatic heterocycles. The summed E-state index contributed by atoms with van der Waals surface area (Å²) in [5.74, 6) is -1.46. The lowest BCUT2D eigenvalue weighted by Crippen LogP contribution is -2.67. The molecule has 0 aliphatic carbocycles. The topological polar surface area (TPSA) is 113 Å². The Morgan fingerprint density at radius 2 is 1.76 bits per heavy atom. The zero-order chi connectivity index (χ0) is 24.1. The van der Waals surface area contributed by atoms with Crippen LogP contribution in [0.4, 0.5) is 0 Å². The predicted molar refractivity (Wildman–Crippen MR) is 119 cm³/mol. The lowest BCUT2D eigenvalue weighted by molar-refractivity contribution is -0.351. The normalized spacial score (nSPS) is 29.6. The first-order valence-corrected chi connectivity index (χ1v) is 11.2. The number of hydrogen-bond acceptors (Lipinski definition) is 7. The number of amides is 1. The molecule has 2 aromatic rings. The van der Waals surface area contributed by atoms with E-state index in [1.807, 2.05) is 60.7 Å². The van der Waals surface area contributed by atoms with Gasteiger partial charge in [0.1, 0.15) is 24.4 Å². The molecule has 7 atom stereocenters. The highest BCUT2D eigenvalue weighted by Crippen LogP contribution is 2.36. The molecule has 0 spiro atoms. The van der Waals surface area contributed by atoms with Gasteiger partial charge in [-0.3, -0.25) is 4.79 Å². The number of rotatable bonds is 8. The van der Waals surface area contributed by atoms with Gasteiger partial charge in [0, 0.05) is 12.5 Å². The highest BCUT2D eigenvalue weighted by molar-refractivity contribution is 5.73. The Hall–Kier alpha value is -2.82.